The molecule has 8 heteroatoms. The Balaban J connectivity index is 1.54. The van der Waals surface area contributed by atoms with E-state index < -0.39 is 17.6 Å². The summed E-state index contributed by atoms with van der Waals surface area (Å²) in [7, 11) is 0. The van der Waals surface area contributed by atoms with Gasteiger partial charge >= 0.3 is 0 Å². The van der Waals surface area contributed by atoms with Crippen LogP contribution < -0.4 is 10.6 Å². The van der Waals surface area contributed by atoms with E-state index in [1.807, 2.05) is 0 Å². The second kappa shape index (κ2) is 11.8. The van der Waals surface area contributed by atoms with Crippen LogP contribution in [0.5, 0.6) is 0 Å². The molecule has 37 heavy (non-hydrogen) atoms. The molecule has 0 saturated carbocycles. The normalized spacial score (nSPS) is 11.4. The van der Waals surface area contributed by atoms with Crippen molar-refractivity contribution in [3.05, 3.63) is 136 Å². The minimum atomic E-state index is -0.708. The van der Waals surface area contributed by atoms with E-state index in [-0.39, 0.29) is 22.1 Å². The van der Waals surface area contributed by atoms with Crippen LogP contribution in [0.4, 0.5) is 10.1 Å². The molecule has 0 atom stereocenters. The van der Waals surface area contributed by atoms with Gasteiger partial charge in [0.2, 0.25) is 0 Å². The Morgan fingerprint density at radius 3 is 2.27 bits per heavy atom. The number of ketones is 1. The van der Waals surface area contributed by atoms with Gasteiger partial charge in [-0.05, 0) is 78.9 Å². The lowest BCUT2D eigenvalue weighted by Gasteiger charge is -2.12. The molecule has 4 rings (SSSR count). The third-order valence-corrected chi connectivity index (χ3v) is 5.52. The number of benzene rings is 3. The van der Waals surface area contributed by atoms with Crippen LogP contribution in [0.25, 0.3) is 12.2 Å². The Hall–Kier alpha value is -4.75. The van der Waals surface area contributed by atoms with Crippen LogP contribution in [-0.2, 0) is 4.79 Å². The molecule has 0 radical (unpaired) electrons. The van der Waals surface area contributed by atoms with Crippen LogP contribution in [-0.4, -0.2) is 17.6 Å². The lowest BCUT2D eigenvalue weighted by atomic mass is 10.1. The number of hydrogen-bond donors (Lipinski definition) is 2. The Morgan fingerprint density at radius 1 is 0.838 bits per heavy atom. The fourth-order valence-electron chi connectivity index (χ4n) is 3.29. The van der Waals surface area contributed by atoms with E-state index in [9.17, 15) is 18.8 Å². The van der Waals surface area contributed by atoms with E-state index >= 15 is 0 Å². The summed E-state index contributed by atoms with van der Waals surface area (Å²) in [6.07, 6.45) is 5.61. The van der Waals surface area contributed by atoms with E-state index in [0.717, 1.165) is 0 Å². The average Bonchev–Trinajstić information content (AvgIpc) is 3.43. The summed E-state index contributed by atoms with van der Waals surface area (Å²) in [4.78, 5) is 38.2. The van der Waals surface area contributed by atoms with Crippen LogP contribution in [0.1, 0.15) is 32.0 Å². The van der Waals surface area contributed by atoms with Gasteiger partial charge in [0.05, 0.1) is 11.3 Å². The number of halogens is 2. The molecular weight excluding hydrogens is 495 g/mol. The maximum Gasteiger partial charge on any atom is 0.272 e. The highest BCUT2D eigenvalue weighted by atomic mass is 35.5. The highest BCUT2D eigenvalue weighted by Crippen LogP contribution is 2.22. The summed E-state index contributed by atoms with van der Waals surface area (Å²) in [5.41, 5.74) is 0.795. The van der Waals surface area contributed by atoms with E-state index in [2.05, 4.69) is 10.6 Å². The molecule has 6 nitrogen and oxygen atoms in total. The fourth-order valence-corrected chi connectivity index (χ4v) is 3.51. The summed E-state index contributed by atoms with van der Waals surface area (Å²) >= 11 is 6.13. The number of carbonyl (C=O) groups excluding carboxylic acids is 3. The minimum Gasteiger partial charge on any atom is -0.465 e. The first kappa shape index (κ1) is 25.3. The van der Waals surface area contributed by atoms with E-state index in [1.165, 1.54) is 36.6 Å². The van der Waals surface area contributed by atoms with E-state index in [0.29, 0.717) is 22.6 Å². The van der Waals surface area contributed by atoms with Crippen molar-refractivity contribution in [2.75, 3.05) is 5.32 Å². The second-order valence-electron chi connectivity index (χ2n) is 7.76. The maximum absolute atomic E-state index is 14.4. The lowest BCUT2D eigenvalue weighted by Crippen LogP contribution is -2.30. The zero-order valence-corrected chi connectivity index (χ0v) is 20.0. The molecule has 0 spiro atoms. The predicted octanol–water partition coefficient (Wildman–Crippen LogP) is 6.38. The monoisotopic (exact) mass is 514 g/mol. The number of nitrogens with one attached hydrogen (secondary N) is 2. The summed E-state index contributed by atoms with van der Waals surface area (Å²) in [6.45, 7) is 0. The Bertz CT molecular complexity index is 1460. The van der Waals surface area contributed by atoms with Crippen molar-refractivity contribution in [3.8, 4) is 0 Å². The van der Waals surface area contributed by atoms with Gasteiger partial charge in [0.25, 0.3) is 11.8 Å². The number of furan rings is 1. The summed E-state index contributed by atoms with van der Waals surface area (Å²) in [5, 5.41) is 5.25. The van der Waals surface area contributed by atoms with Crippen LogP contribution in [0.3, 0.4) is 0 Å². The molecule has 2 amide bonds. The van der Waals surface area contributed by atoms with Gasteiger partial charge in [0.1, 0.15) is 17.3 Å². The smallest absolute Gasteiger partial charge is 0.272 e. The third-order valence-electron chi connectivity index (χ3n) is 5.19. The van der Waals surface area contributed by atoms with E-state index in [1.54, 1.807) is 72.8 Å². The van der Waals surface area contributed by atoms with Crippen molar-refractivity contribution in [3.63, 3.8) is 0 Å². The van der Waals surface area contributed by atoms with Crippen molar-refractivity contribution in [1.82, 2.24) is 5.32 Å². The van der Waals surface area contributed by atoms with Gasteiger partial charge in [0.15, 0.2) is 5.78 Å². The first-order valence-corrected chi connectivity index (χ1v) is 11.5. The predicted molar refractivity (Wildman–Crippen MR) is 140 cm³/mol. The molecule has 1 heterocycles. The van der Waals surface area contributed by atoms with Crippen LogP contribution in [0.2, 0.25) is 5.02 Å². The van der Waals surface area contributed by atoms with Crippen molar-refractivity contribution in [2.45, 2.75) is 0 Å². The molecule has 0 aliphatic rings. The lowest BCUT2D eigenvalue weighted by molar-refractivity contribution is -0.113. The number of carbonyl (C=O) groups is 3. The number of rotatable bonds is 8. The van der Waals surface area contributed by atoms with Crippen LogP contribution in [0.15, 0.2) is 107 Å². The molecule has 3 aromatic carbocycles. The minimum absolute atomic E-state index is 0.0491. The molecule has 0 fully saturated rings. The van der Waals surface area contributed by atoms with Gasteiger partial charge in [-0.25, -0.2) is 4.39 Å². The molecule has 2 N–H and O–H groups in total. The topological polar surface area (TPSA) is 88.4 Å². The van der Waals surface area contributed by atoms with Gasteiger partial charge in [0, 0.05) is 22.4 Å². The molecule has 0 aliphatic heterocycles. The summed E-state index contributed by atoms with van der Waals surface area (Å²) < 4.78 is 19.6. The SMILES string of the molecule is O=C(Nc1ccc(C(=O)/C=C/c2ccco2)cc1)/C(=C/c1c(F)cccc1Cl)NC(=O)c1ccccc1. The third kappa shape index (κ3) is 6.68. The number of anilines is 1. The quantitative estimate of drug-likeness (QED) is 0.211. The Labute approximate surface area is 217 Å². The molecule has 0 aliphatic carbocycles. The molecule has 1 aromatic heterocycles. The van der Waals surface area contributed by atoms with Crippen molar-refractivity contribution >= 4 is 47.0 Å². The second-order valence-corrected chi connectivity index (χ2v) is 8.17. The molecular formula is C29H20ClFN2O4. The number of allylic oxidation sites excluding steroid dienone is 1. The zero-order chi connectivity index (χ0) is 26.2. The first-order chi connectivity index (χ1) is 17.9. The molecule has 0 bridgehead atoms. The molecule has 184 valence electrons. The summed E-state index contributed by atoms with van der Waals surface area (Å²) in [6, 6.07) is 22.0. The van der Waals surface area contributed by atoms with E-state index in [4.69, 9.17) is 16.0 Å². The largest absolute Gasteiger partial charge is 0.465 e. The van der Waals surface area contributed by atoms with Gasteiger partial charge in [-0.2, -0.15) is 0 Å². The van der Waals surface area contributed by atoms with Crippen molar-refractivity contribution in [1.29, 1.82) is 0 Å². The van der Waals surface area contributed by atoms with Crippen LogP contribution in [0, 0.1) is 5.82 Å². The number of hydrogen-bond acceptors (Lipinski definition) is 4. The van der Waals surface area contributed by atoms with Gasteiger partial charge in [-0.1, -0.05) is 35.9 Å². The molecule has 4 aromatic rings. The zero-order valence-electron chi connectivity index (χ0n) is 19.3. The first-order valence-electron chi connectivity index (χ1n) is 11.1. The standard InChI is InChI=1S/C29H20ClFN2O4/c30-24-9-4-10-25(31)23(24)18-26(33-28(35)20-6-2-1-3-7-20)29(36)32-21-13-11-19(12-14-21)27(34)16-15-22-8-5-17-37-22/h1-18H,(H,32,36)(H,33,35)/b16-15+,26-18-. The van der Waals surface area contributed by atoms with Gasteiger partial charge in [-0.3, -0.25) is 14.4 Å². The molecule has 0 unspecified atom stereocenters. The average molecular weight is 515 g/mol. The van der Waals surface area contributed by atoms with Gasteiger partial charge < -0.3 is 15.1 Å². The maximum atomic E-state index is 14.4. The Kier molecular flexibility index (Phi) is 8.08. The number of amides is 2. The van der Waals surface area contributed by atoms with Crippen LogP contribution >= 0.6 is 11.6 Å². The Morgan fingerprint density at radius 2 is 1.59 bits per heavy atom. The van der Waals surface area contributed by atoms with Crippen molar-refractivity contribution < 1.29 is 23.2 Å². The highest BCUT2D eigenvalue weighted by molar-refractivity contribution is 6.32. The summed E-state index contributed by atoms with van der Waals surface area (Å²) in [5.74, 6) is -1.63. The highest BCUT2D eigenvalue weighted by Gasteiger charge is 2.17. The molecule has 0 saturated heterocycles. The van der Waals surface area contributed by atoms with Crippen molar-refractivity contribution in [2.24, 2.45) is 0 Å². The fraction of sp³-hybridized carbons (Fsp3) is 0. The van der Waals surface area contributed by atoms with Gasteiger partial charge in [-0.15, -0.1) is 0 Å².